The van der Waals surface area contributed by atoms with Gasteiger partial charge in [0.2, 0.25) is 0 Å². The predicted molar refractivity (Wildman–Crippen MR) is 81.0 cm³/mol. The van der Waals surface area contributed by atoms with Crippen molar-refractivity contribution in [1.29, 1.82) is 5.26 Å². The van der Waals surface area contributed by atoms with Gasteiger partial charge in [-0.1, -0.05) is 6.07 Å². The van der Waals surface area contributed by atoms with E-state index in [0.29, 0.717) is 22.6 Å². The zero-order valence-corrected chi connectivity index (χ0v) is 12.3. The van der Waals surface area contributed by atoms with E-state index in [1.807, 2.05) is 6.07 Å². The summed E-state index contributed by atoms with van der Waals surface area (Å²) in [6.07, 6.45) is -0.753. The Kier molecular flexibility index (Phi) is 4.74. The molecule has 22 heavy (non-hydrogen) atoms. The molecule has 0 aliphatic rings. The molecule has 112 valence electrons. The second-order valence-electron chi connectivity index (χ2n) is 4.85. The fraction of sp³-hybridized carbons (Fsp3) is 0.176. The number of rotatable bonds is 4. The Morgan fingerprint density at radius 3 is 2.55 bits per heavy atom. The largest absolute Gasteiger partial charge is 0.481 e. The highest BCUT2D eigenvalue weighted by Crippen LogP contribution is 2.16. The molecule has 0 heterocycles. The van der Waals surface area contributed by atoms with Crippen molar-refractivity contribution in [2.75, 3.05) is 5.32 Å². The lowest BCUT2D eigenvalue weighted by atomic mass is 10.2. The molecule has 1 amide bonds. The number of carbonyl (C=O) groups is 1. The van der Waals surface area contributed by atoms with Gasteiger partial charge in [0.05, 0.1) is 11.6 Å². The summed E-state index contributed by atoms with van der Waals surface area (Å²) >= 11 is 0. The molecular weight excluding hydrogens is 283 g/mol. The maximum Gasteiger partial charge on any atom is 0.265 e. The summed E-state index contributed by atoms with van der Waals surface area (Å²) in [6.45, 7) is 3.25. The smallest absolute Gasteiger partial charge is 0.265 e. The molecule has 0 fully saturated rings. The summed E-state index contributed by atoms with van der Waals surface area (Å²) in [5, 5.41) is 11.3. The van der Waals surface area contributed by atoms with Crippen molar-refractivity contribution < 1.29 is 13.9 Å². The zero-order valence-electron chi connectivity index (χ0n) is 12.3. The van der Waals surface area contributed by atoms with E-state index in [4.69, 9.17) is 10.00 Å². The molecule has 2 aromatic carbocycles. The number of nitriles is 1. The standard InChI is InChI=1S/C17H15FN2O2/c1-11-3-6-14(9-16(11)18)20-17(21)12(2)22-15-7-4-13(10-19)5-8-15/h3-9,12H,1-2H3,(H,20,21)/t12-/m0/s1. The van der Waals surface area contributed by atoms with Gasteiger partial charge in [0.1, 0.15) is 11.6 Å². The third-order valence-electron chi connectivity index (χ3n) is 3.10. The van der Waals surface area contributed by atoms with Gasteiger partial charge in [-0.25, -0.2) is 4.39 Å². The number of nitrogens with one attached hydrogen (secondary N) is 1. The average molecular weight is 298 g/mol. The van der Waals surface area contributed by atoms with Crippen LogP contribution in [0.15, 0.2) is 42.5 Å². The van der Waals surface area contributed by atoms with Gasteiger partial charge in [0.25, 0.3) is 5.91 Å². The maximum atomic E-state index is 13.4. The Hall–Kier alpha value is -2.87. The molecule has 0 saturated heterocycles. The summed E-state index contributed by atoms with van der Waals surface area (Å²) in [5.74, 6) is -0.275. The number of hydrogen-bond acceptors (Lipinski definition) is 3. The van der Waals surface area contributed by atoms with E-state index in [0.717, 1.165) is 0 Å². The van der Waals surface area contributed by atoms with Crippen molar-refractivity contribution in [3.05, 3.63) is 59.4 Å². The second-order valence-corrected chi connectivity index (χ2v) is 4.85. The quantitative estimate of drug-likeness (QED) is 0.940. The van der Waals surface area contributed by atoms with Gasteiger partial charge in [-0.05, 0) is 55.8 Å². The van der Waals surface area contributed by atoms with Gasteiger partial charge in [-0.3, -0.25) is 4.79 Å². The van der Waals surface area contributed by atoms with Gasteiger partial charge >= 0.3 is 0 Å². The van der Waals surface area contributed by atoms with Crippen LogP contribution in [0.2, 0.25) is 0 Å². The highest BCUT2D eigenvalue weighted by atomic mass is 19.1. The zero-order chi connectivity index (χ0) is 16.1. The van der Waals surface area contributed by atoms with Crippen molar-refractivity contribution in [2.24, 2.45) is 0 Å². The lowest BCUT2D eigenvalue weighted by molar-refractivity contribution is -0.122. The summed E-state index contributed by atoms with van der Waals surface area (Å²) < 4.78 is 18.9. The van der Waals surface area contributed by atoms with Crippen LogP contribution in [0.4, 0.5) is 10.1 Å². The number of halogens is 1. The molecular formula is C17H15FN2O2. The average Bonchev–Trinajstić information content (AvgIpc) is 2.51. The molecule has 0 radical (unpaired) electrons. The van der Waals surface area contributed by atoms with Crippen molar-refractivity contribution in [1.82, 2.24) is 0 Å². The van der Waals surface area contributed by atoms with E-state index in [-0.39, 0.29) is 11.7 Å². The molecule has 0 spiro atoms. The number of ether oxygens (including phenoxy) is 1. The van der Waals surface area contributed by atoms with Crippen LogP contribution < -0.4 is 10.1 Å². The first-order valence-corrected chi connectivity index (χ1v) is 6.73. The molecule has 0 aliphatic heterocycles. The minimum absolute atomic E-state index is 0.376. The summed E-state index contributed by atoms with van der Waals surface area (Å²) in [4.78, 5) is 12.0. The number of carbonyl (C=O) groups excluding carboxylic acids is 1. The van der Waals surface area contributed by atoms with Crippen LogP contribution in [0.5, 0.6) is 5.75 Å². The number of nitrogens with zero attached hydrogens (tertiary/aromatic N) is 1. The molecule has 2 rings (SSSR count). The molecule has 0 bridgehead atoms. The molecule has 1 N–H and O–H groups in total. The van der Waals surface area contributed by atoms with E-state index in [1.54, 1.807) is 50.2 Å². The molecule has 0 saturated carbocycles. The molecule has 2 aromatic rings. The van der Waals surface area contributed by atoms with E-state index in [9.17, 15) is 9.18 Å². The van der Waals surface area contributed by atoms with E-state index in [2.05, 4.69) is 5.32 Å². The predicted octanol–water partition coefficient (Wildman–Crippen LogP) is 3.41. The van der Waals surface area contributed by atoms with Gasteiger partial charge in [0, 0.05) is 5.69 Å². The molecule has 0 aromatic heterocycles. The van der Waals surface area contributed by atoms with Crippen LogP contribution >= 0.6 is 0 Å². The molecule has 0 aliphatic carbocycles. The first-order chi connectivity index (χ1) is 10.5. The Labute approximate surface area is 128 Å². The second kappa shape index (κ2) is 6.72. The third kappa shape index (κ3) is 3.83. The number of amides is 1. The topological polar surface area (TPSA) is 62.1 Å². The minimum atomic E-state index is -0.753. The Balaban J connectivity index is 1.99. The summed E-state index contributed by atoms with van der Waals surface area (Å²) in [5.41, 5.74) is 1.41. The van der Waals surface area contributed by atoms with Gasteiger partial charge in [0.15, 0.2) is 6.10 Å². The Morgan fingerprint density at radius 2 is 1.95 bits per heavy atom. The lowest BCUT2D eigenvalue weighted by Crippen LogP contribution is -2.30. The van der Waals surface area contributed by atoms with Crippen molar-refractivity contribution in [3.63, 3.8) is 0 Å². The van der Waals surface area contributed by atoms with E-state index >= 15 is 0 Å². The van der Waals surface area contributed by atoms with Crippen LogP contribution in [-0.4, -0.2) is 12.0 Å². The van der Waals surface area contributed by atoms with Crippen LogP contribution in [0.3, 0.4) is 0 Å². The van der Waals surface area contributed by atoms with Crippen LogP contribution in [-0.2, 0) is 4.79 Å². The van der Waals surface area contributed by atoms with Crippen LogP contribution in [0.1, 0.15) is 18.1 Å². The van der Waals surface area contributed by atoms with Crippen LogP contribution in [0.25, 0.3) is 0 Å². The fourth-order valence-electron chi connectivity index (χ4n) is 1.78. The van der Waals surface area contributed by atoms with Gasteiger partial charge in [-0.2, -0.15) is 5.26 Å². The number of benzene rings is 2. The van der Waals surface area contributed by atoms with Gasteiger partial charge < -0.3 is 10.1 Å². The van der Waals surface area contributed by atoms with Crippen molar-refractivity contribution in [2.45, 2.75) is 20.0 Å². The number of aryl methyl sites for hydroxylation is 1. The van der Waals surface area contributed by atoms with E-state index in [1.165, 1.54) is 6.07 Å². The van der Waals surface area contributed by atoms with Crippen LogP contribution in [0, 0.1) is 24.1 Å². The Morgan fingerprint density at radius 1 is 1.27 bits per heavy atom. The highest BCUT2D eigenvalue weighted by molar-refractivity contribution is 5.94. The molecule has 5 heteroatoms. The third-order valence-corrected chi connectivity index (χ3v) is 3.10. The highest BCUT2D eigenvalue weighted by Gasteiger charge is 2.15. The summed E-state index contributed by atoms with van der Waals surface area (Å²) in [7, 11) is 0. The minimum Gasteiger partial charge on any atom is -0.481 e. The number of hydrogen-bond donors (Lipinski definition) is 1. The first kappa shape index (κ1) is 15.5. The fourth-order valence-corrected chi connectivity index (χ4v) is 1.78. The molecule has 1 atom stereocenters. The van der Waals surface area contributed by atoms with E-state index < -0.39 is 6.10 Å². The number of anilines is 1. The summed E-state index contributed by atoms with van der Waals surface area (Å²) in [6, 6.07) is 12.9. The van der Waals surface area contributed by atoms with Gasteiger partial charge in [-0.15, -0.1) is 0 Å². The maximum absolute atomic E-state index is 13.4. The molecule has 4 nitrogen and oxygen atoms in total. The lowest BCUT2D eigenvalue weighted by Gasteiger charge is -2.15. The monoisotopic (exact) mass is 298 g/mol. The van der Waals surface area contributed by atoms with Crippen molar-refractivity contribution in [3.8, 4) is 11.8 Å². The molecule has 0 unspecified atom stereocenters. The first-order valence-electron chi connectivity index (χ1n) is 6.73. The normalized spacial score (nSPS) is 11.4. The Bertz CT molecular complexity index is 720. The SMILES string of the molecule is Cc1ccc(NC(=O)[C@H](C)Oc2ccc(C#N)cc2)cc1F. The van der Waals surface area contributed by atoms with Crippen molar-refractivity contribution >= 4 is 11.6 Å².